The second-order valence-corrected chi connectivity index (χ2v) is 6.19. The van der Waals surface area contributed by atoms with Crippen molar-refractivity contribution in [3.8, 4) is 5.75 Å². The molecular formula is C22H21N3O3. The smallest absolute Gasteiger partial charge is 0.253 e. The number of pyridine rings is 1. The molecule has 0 aliphatic rings. The van der Waals surface area contributed by atoms with E-state index in [1.807, 2.05) is 48.5 Å². The molecule has 142 valence electrons. The predicted octanol–water partition coefficient (Wildman–Crippen LogP) is 3.20. The third kappa shape index (κ3) is 5.41. The lowest BCUT2D eigenvalue weighted by Crippen LogP contribution is -2.22. The second kappa shape index (κ2) is 9.32. The van der Waals surface area contributed by atoms with E-state index in [4.69, 9.17) is 4.74 Å². The number of hydrogen-bond donors (Lipinski definition) is 2. The van der Waals surface area contributed by atoms with Crippen LogP contribution in [-0.2, 0) is 17.8 Å². The number of anilines is 1. The Labute approximate surface area is 163 Å². The van der Waals surface area contributed by atoms with Crippen LogP contribution in [0.2, 0.25) is 0 Å². The van der Waals surface area contributed by atoms with Crippen molar-refractivity contribution in [1.29, 1.82) is 0 Å². The zero-order valence-corrected chi connectivity index (χ0v) is 15.5. The van der Waals surface area contributed by atoms with Crippen LogP contribution in [-0.4, -0.2) is 23.9 Å². The van der Waals surface area contributed by atoms with Gasteiger partial charge in [-0.15, -0.1) is 0 Å². The predicted molar refractivity (Wildman–Crippen MR) is 107 cm³/mol. The average molecular weight is 375 g/mol. The summed E-state index contributed by atoms with van der Waals surface area (Å²) in [7, 11) is 1.61. The van der Waals surface area contributed by atoms with Crippen LogP contribution in [0.5, 0.6) is 5.75 Å². The molecule has 0 saturated carbocycles. The fourth-order valence-corrected chi connectivity index (χ4v) is 2.62. The molecule has 0 bridgehead atoms. The van der Waals surface area contributed by atoms with Crippen molar-refractivity contribution in [2.75, 3.05) is 12.4 Å². The lowest BCUT2D eigenvalue weighted by Gasteiger charge is -2.08. The molecule has 6 heteroatoms. The zero-order chi connectivity index (χ0) is 19.8. The van der Waals surface area contributed by atoms with E-state index in [0.29, 0.717) is 17.8 Å². The molecule has 0 spiro atoms. The van der Waals surface area contributed by atoms with E-state index in [9.17, 15) is 9.59 Å². The van der Waals surface area contributed by atoms with E-state index < -0.39 is 0 Å². The largest absolute Gasteiger partial charge is 0.497 e. The molecule has 2 aromatic carbocycles. The van der Waals surface area contributed by atoms with Crippen LogP contribution in [0.3, 0.4) is 0 Å². The third-order valence-electron chi connectivity index (χ3n) is 4.14. The summed E-state index contributed by atoms with van der Waals surface area (Å²) in [5.41, 5.74) is 3.07. The van der Waals surface area contributed by atoms with Gasteiger partial charge in [0.05, 0.1) is 19.1 Å². The van der Waals surface area contributed by atoms with E-state index in [1.54, 1.807) is 25.4 Å². The van der Waals surface area contributed by atoms with Gasteiger partial charge in [0.1, 0.15) is 5.75 Å². The van der Waals surface area contributed by atoms with E-state index in [0.717, 1.165) is 16.9 Å². The zero-order valence-electron chi connectivity index (χ0n) is 15.5. The summed E-state index contributed by atoms with van der Waals surface area (Å²) in [6.45, 7) is 0.397. The first kappa shape index (κ1) is 19.1. The van der Waals surface area contributed by atoms with Crippen LogP contribution in [0.4, 0.5) is 5.69 Å². The standard InChI is InChI=1S/C22H21N3O3/c1-28-20-10-6-16(7-11-20)13-21(26)25-19-8-4-17(5-9-19)14-24-22(27)18-3-2-12-23-15-18/h2-12,15H,13-14H2,1H3,(H,24,27)(H,25,26). The summed E-state index contributed by atoms with van der Waals surface area (Å²) in [6.07, 6.45) is 3.43. The van der Waals surface area contributed by atoms with Crippen molar-refractivity contribution in [3.63, 3.8) is 0 Å². The molecule has 0 aliphatic heterocycles. The molecule has 2 N–H and O–H groups in total. The Balaban J connectivity index is 1.49. The number of carbonyl (C=O) groups is 2. The normalized spacial score (nSPS) is 10.2. The van der Waals surface area contributed by atoms with Gasteiger partial charge in [-0.05, 0) is 47.5 Å². The summed E-state index contributed by atoms with van der Waals surface area (Å²) in [5, 5.41) is 5.71. The Morgan fingerprint density at radius 1 is 0.964 bits per heavy atom. The molecule has 3 rings (SSSR count). The van der Waals surface area contributed by atoms with Gasteiger partial charge in [0, 0.05) is 24.6 Å². The molecular weight excluding hydrogens is 354 g/mol. The topological polar surface area (TPSA) is 80.3 Å². The molecule has 1 aromatic heterocycles. The number of nitrogens with zero attached hydrogens (tertiary/aromatic N) is 1. The van der Waals surface area contributed by atoms with Gasteiger partial charge in [-0.25, -0.2) is 0 Å². The summed E-state index contributed by atoms with van der Waals surface area (Å²) >= 11 is 0. The van der Waals surface area contributed by atoms with Crippen molar-refractivity contribution in [3.05, 3.63) is 89.7 Å². The van der Waals surface area contributed by atoms with Crippen LogP contribution in [0, 0.1) is 0 Å². The highest BCUT2D eigenvalue weighted by Crippen LogP contribution is 2.14. The summed E-state index contributed by atoms with van der Waals surface area (Å²) in [6, 6.07) is 18.2. The molecule has 0 atom stereocenters. The first-order chi connectivity index (χ1) is 13.6. The molecule has 28 heavy (non-hydrogen) atoms. The quantitative estimate of drug-likeness (QED) is 0.665. The van der Waals surface area contributed by atoms with E-state index in [2.05, 4.69) is 15.6 Å². The van der Waals surface area contributed by atoms with Crippen molar-refractivity contribution in [2.45, 2.75) is 13.0 Å². The fourth-order valence-electron chi connectivity index (χ4n) is 2.62. The number of aromatic nitrogens is 1. The van der Waals surface area contributed by atoms with Crippen molar-refractivity contribution < 1.29 is 14.3 Å². The Morgan fingerprint density at radius 3 is 2.32 bits per heavy atom. The highest BCUT2D eigenvalue weighted by molar-refractivity contribution is 5.94. The van der Waals surface area contributed by atoms with E-state index in [-0.39, 0.29) is 18.2 Å². The molecule has 0 aliphatic carbocycles. The van der Waals surface area contributed by atoms with Crippen LogP contribution in [0.15, 0.2) is 73.1 Å². The maximum atomic E-state index is 12.2. The number of amides is 2. The van der Waals surface area contributed by atoms with Gasteiger partial charge >= 0.3 is 0 Å². The molecule has 0 radical (unpaired) electrons. The number of hydrogen-bond acceptors (Lipinski definition) is 4. The second-order valence-electron chi connectivity index (χ2n) is 6.19. The van der Waals surface area contributed by atoms with Gasteiger partial charge in [-0.2, -0.15) is 0 Å². The first-order valence-electron chi connectivity index (χ1n) is 8.84. The average Bonchev–Trinajstić information content (AvgIpc) is 2.74. The van der Waals surface area contributed by atoms with Crippen molar-refractivity contribution >= 4 is 17.5 Å². The van der Waals surface area contributed by atoms with Crippen molar-refractivity contribution in [1.82, 2.24) is 10.3 Å². The first-order valence-corrected chi connectivity index (χ1v) is 8.84. The van der Waals surface area contributed by atoms with Crippen LogP contribution in [0.25, 0.3) is 0 Å². The van der Waals surface area contributed by atoms with E-state index in [1.165, 1.54) is 6.20 Å². The monoisotopic (exact) mass is 375 g/mol. The minimum atomic E-state index is -0.176. The summed E-state index contributed by atoms with van der Waals surface area (Å²) in [4.78, 5) is 28.1. The van der Waals surface area contributed by atoms with Crippen LogP contribution >= 0.6 is 0 Å². The maximum Gasteiger partial charge on any atom is 0.253 e. The van der Waals surface area contributed by atoms with Gasteiger partial charge < -0.3 is 15.4 Å². The van der Waals surface area contributed by atoms with Crippen LogP contribution in [0.1, 0.15) is 21.5 Å². The summed E-state index contributed by atoms with van der Waals surface area (Å²) < 4.78 is 5.11. The lowest BCUT2D eigenvalue weighted by molar-refractivity contribution is -0.115. The molecule has 0 saturated heterocycles. The fraction of sp³-hybridized carbons (Fsp3) is 0.136. The minimum Gasteiger partial charge on any atom is -0.497 e. The van der Waals surface area contributed by atoms with Gasteiger partial charge in [-0.1, -0.05) is 24.3 Å². The van der Waals surface area contributed by atoms with Gasteiger partial charge in [0.25, 0.3) is 5.91 Å². The Bertz CT molecular complexity index is 924. The highest BCUT2D eigenvalue weighted by atomic mass is 16.5. The molecule has 2 amide bonds. The van der Waals surface area contributed by atoms with Gasteiger partial charge in [-0.3, -0.25) is 14.6 Å². The number of ether oxygens (including phenoxy) is 1. The number of benzene rings is 2. The highest BCUT2D eigenvalue weighted by Gasteiger charge is 2.06. The van der Waals surface area contributed by atoms with Crippen LogP contribution < -0.4 is 15.4 Å². The molecule has 6 nitrogen and oxygen atoms in total. The number of rotatable bonds is 7. The number of methoxy groups -OCH3 is 1. The number of carbonyl (C=O) groups excluding carboxylic acids is 2. The number of nitrogens with one attached hydrogen (secondary N) is 2. The Hall–Kier alpha value is -3.67. The van der Waals surface area contributed by atoms with Crippen molar-refractivity contribution in [2.24, 2.45) is 0 Å². The van der Waals surface area contributed by atoms with Gasteiger partial charge in [0.15, 0.2) is 0 Å². The molecule has 0 fully saturated rings. The summed E-state index contributed by atoms with van der Waals surface area (Å²) in [5.74, 6) is 0.489. The maximum absolute atomic E-state index is 12.2. The Kier molecular flexibility index (Phi) is 6.36. The molecule has 3 aromatic rings. The SMILES string of the molecule is COc1ccc(CC(=O)Nc2ccc(CNC(=O)c3cccnc3)cc2)cc1. The van der Waals surface area contributed by atoms with E-state index >= 15 is 0 Å². The lowest BCUT2D eigenvalue weighted by atomic mass is 10.1. The van der Waals surface area contributed by atoms with Gasteiger partial charge in [0.2, 0.25) is 5.91 Å². The molecule has 1 heterocycles. The third-order valence-corrected chi connectivity index (χ3v) is 4.14. The Morgan fingerprint density at radius 2 is 1.68 bits per heavy atom. The minimum absolute atomic E-state index is 0.0946. The molecule has 0 unspecified atom stereocenters.